The molecule has 3 aromatic rings. The molecule has 39 heavy (non-hydrogen) atoms. The van der Waals surface area contributed by atoms with Gasteiger partial charge in [0.05, 0.1) is 15.6 Å². The zero-order chi connectivity index (χ0) is 28.7. The molecule has 3 rings (SSSR count). The van der Waals surface area contributed by atoms with Gasteiger partial charge in [0.2, 0.25) is 11.8 Å². The Kier molecular flexibility index (Phi) is 10.4. The smallest absolute Gasteiger partial charge is 0.264 e. The number of sulfonamides is 1. The summed E-state index contributed by atoms with van der Waals surface area (Å²) in [6, 6.07) is 16.5. The van der Waals surface area contributed by atoms with E-state index in [4.69, 9.17) is 23.2 Å². The van der Waals surface area contributed by atoms with Crippen molar-refractivity contribution in [2.75, 3.05) is 17.4 Å². The lowest BCUT2D eigenvalue weighted by Crippen LogP contribution is -2.51. The maximum Gasteiger partial charge on any atom is 0.264 e. The summed E-state index contributed by atoms with van der Waals surface area (Å²) < 4.78 is 41.9. The first-order valence-corrected chi connectivity index (χ1v) is 14.4. The third kappa shape index (κ3) is 7.94. The SMILES string of the molecule is CC(C)CNC(=O)C(C)N(Cc1ccc(F)cc1)C(=O)CN(c1ccc(Cl)cc1Cl)S(=O)(=O)c1ccccc1. The van der Waals surface area contributed by atoms with Gasteiger partial charge in [-0.05, 0) is 60.9 Å². The van der Waals surface area contributed by atoms with Crippen LogP contribution in [0.4, 0.5) is 10.1 Å². The summed E-state index contributed by atoms with van der Waals surface area (Å²) in [4.78, 5) is 28.0. The van der Waals surface area contributed by atoms with E-state index in [1.165, 1.54) is 59.5 Å². The number of nitrogens with zero attached hydrogens (tertiary/aromatic N) is 2. The van der Waals surface area contributed by atoms with Crippen LogP contribution in [0, 0.1) is 11.7 Å². The number of carbonyl (C=O) groups excluding carboxylic acids is 2. The fourth-order valence-electron chi connectivity index (χ4n) is 3.74. The summed E-state index contributed by atoms with van der Waals surface area (Å²) in [7, 11) is -4.26. The average Bonchev–Trinajstić information content (AvgIpc) is 2.90. The lowest BCUT2D eigenvalue weighted by molar-refractivity contribution is -0.139. The van der Waals surface area contributed by atoms with Gasteiger partial charge in [-0.3, -0.25) is 13.9 Å². The molecule has 0 aliphatic heterocycles. The van der Waals surface area contributed by atoms with Gasteiger partial charge in [0.15, 0.2) is 0 Å². The van der Waals surface area contributed by atoms with E-state index < -0.39 is 40.2 Å². The summed E-state index contributed by atoms with van der Waals surface area (Å²) in [5, 5.41) is 3.13. The van der Waals surface area contributed by atoms with E-state index in [2.05, 4.69) is 5.32 Å². The second kappa shape index (κ2) is 13.3. The second-order valence-corrected chi connectivity index (χ2v) is 12.1. The van der Waals surface area contributed by atoms with Crippen LogP contribution >= 0.6 is 23.2 Å². The van der Waals surface area contributed by atoms with Crippen molar-refractivity contribution in [3.8, 4) is 0 Å². The standard InChI is InChI=1S/C28H30Cl2FN3O4S/c1-19(2)16-32-28(36)20(3)33(17-21-9-12-23(31)13-10-21)27(35)18-34(26-14-11-22(29)15-25(26)30)39(37,38)24-7-5-4-6-8-24/h4-15,19-20H,16-18H2,1-3H3,(H,32,36). The zero-order valence-corrected chi connectivity index (χ0v) is 24.1. The molecule has 1 unspecified atom stereocenters. The van der Waals surface area contributed by atoms with Crippen LogP contribution in [0.3, 0.4) is 0 Å². The van der Waals surface area contributed by atoms with Crippen LogP contribution in [0.2, 0.25) is 10.0 Å². The number of carbonyl (C=O) groups is 2. The van der Waals surface area contributed by atoms with Crippen molar-refractivity contribution >= 4 is 50.7 Å². The van der Waals surface area contributed by atoms with E-state index >= 15 is 0 Å². The molecule has 11 heteroatoms. The minimum Gasteiger partial charge on any atom is -0.354 e. The maximum absolute atomic E-state index is 13.8. The Balaban J connectivity index is 2.03. The molecule has 2 amide bonds. The largest absolute Gasteiger partial charge is 0.354 e. The number of amides is 2. The van der Waals surface area contributed by atoms with Crippen molar-refractivity contribution in [3.05, 3.63) is 94.2 Å². The van der Waals surface area contributed by atoms with Crippen LogP contribution in [-0.4, -0.2) is 44.3 Å². The van der Waals surface area contributed by atoms with Crippen molar-refractivity contribution in [1.29, 1.82) is 0 Å². The fraction of sp³-hybridized carbons (Fsp3) is 0.286. The number of halogens is 3. The van der Waals surface area contributed by atoms with Crippen LogP contribution in [0.15, 0.2) is 77.7 Å². The first kappa shape index (κ1) is 30.4. The molecule has 0 bridgehead atoms. The molecule has 208 valence electrons. The van der Waals surface area contributed by atoms with Crippen molar-refractivity contribution < 1.29 is 22.4 Å². The summed E-state index contributed by atoms with van der Waals surface area (Å²) in [5.41, 5.74) is 0.618. The normalized spacial score (nSPS) is 12.2. The van der Waals surface area contributed by atoms with Gasteiger partial charge < -0.3 is 10.2 Å². The molecule has 0 radical (unpaired) electrons. The monoisotopic (exact) mass is 593 g/mol. The minimum atomic E-state index is -4.26. The Hall–Kier alpha value is -3.14. The maximum atomic E-state index is 13.8. The molecule has 0 fully saturated rings. The molecule has 0 saturated carbocycles. The molecule has 1 N–H and O–H groups in total. The molecule has 7 nitrogen and oxygen atoms in total. The van der Waals surface area contributed by atoms with Gasteiger partial charge in [0, 0.05) is 18.1 Å². The van der Waals surface area contributed by atoms with E-state index in [1.54, 1.807) is 25.1 Å². The van der Waals surface area contributed by atoms with Gasteiger partial charge in [-0.1, -0.05) is 67.4 Å². The van der Waals surface area contributed by atoms with Crippen LogP contribution in [-0.2, 0) is 26.2 Å². The Morgan fingerprint density at radius 2 is 1.59 bits per heavy atom. The molecule has 0 aliphatic carbocycles. The fourth-order valence-corrected chi connectivity index (χ4v) is 5.75. The van der Waals surface area contributed by atoms with Gasteiger partial charge in [-0.15, -0.1) is 0 Å². The Bertz CT molecular complexity index is 1400. The lowest BCUT2D eigenvalue weighted by Gasteiger charge is -2.32. The van der Waals surface area contributed by atoms with Crippen LogP contribution in [0.1, 0.15) is 26.3 Å². The molecule has 0 aromatic heterocycles. The van der Waals surface area contributed by atoms with Crippen molar-refractivity contribution in [2.24, 2.45) is 5.92 Å². The van der Waals surface area contributed by atoms with Gasteiger partial charge in [0.25, 0.3) is 10.0 Å². The van der Waals surface area contributed by atoms with Crippen LogP contribution in [0.25, 0.3) is 0 Å². The predicted octanol–water partition coefficient (Wildman–Crippen LogP) is 5.52. The molecule has 3 aromatic carbocycles. The third-order valence-electron chi connectivity index (χ3n) is 5.91. The quantitative estimate of drug-likeness (QED) is 0.317. The third-order valence-corrected chi connectivity index (χ3v) is 8.22. The number of benzene rings is 3. The van der Waals surface area contributed by atoms with Crippen LogP contribution < -0.4 is 9.62 Å². The topological polar surface area (TPSA) is 86.8 Å². The first-order valence-electron chi connectivity index (χ1n) is 12.2. The molecular weight excluding hydrogens is 564 g/mol. The van der Waals surface area contributed by atoms with Crippen molar-refractivity contribution in [2.45, 2.75) is 38.3 Å². The highest BCUT2D eigenvalue weighted by Crippen LogP contribution is 2.33. The van der Waals surface area contributed by atoms with E-state index in [-0.39, 0.29) is 28.1 Å². The molecule has 0 saturated heterocycles. The highest BCUT2D eigenvalue weighted by Gasteiger charge is 2.33. The van der Waals surface area contributed by atoms with E-state index in [0.717, 1.165) is 4.31 Å². The molecule has 0 aliphatic rings. The Morgan fingerprint density at radius 1 is 0.949 bits per heavy atom. The number of hydrogen-bond donors (Lipinski definition) is 1. The molecule has 0 spiro atoms. The van der Waals surface area contributed by atoms with Gasteiger partial charge >= 0.3 is 0 Å². The second-order valence-electron chi connectivity index (χ2n) is 9.38. The van der Waals surface area contributed by atoms with Crippen molar-refractivity contribution in [1.82, 2.24) is 10.2 Å². The van der Waals surface area contributed by atoms with E-state index in [1.807, 2.05) is 13.8 Å². The van der Waals surface area contributed by atoms with Gasteiger partial charge in [-0.25, -0.2) is 12.8 Å². The number of anilines is 1. The molecule has 0 heterocycles. The molecular formula is C28H30Cl2FN3O4S. The highest BCUT2D eigenvalue weighted by molar-refractivity contribution is 7.92. The Labute approximate surface area is 238 Å². The summed E-state index contributed by atoms with van der Waals surface area (Å²) in [5.74, 6) is -1.32. The first-order chi connectivity index (χ1) is 18.4. The summed E-state index contributed by atoms with van der Waals surface area (Å²) in [6.45, 7) is 5.13. The number of hydrogen-bond acceptors (Lipinski definition) is 4. The lowest BCUT2D eigenvalue weighted by atomic mass is 10.1. The molecule has 1 atom stereocenters. The number of rotatable bonds is 11. The van der Waals surface area contributed by atoms with Gasteiger partial charge in [-0.2, -0.15) is 0 Å². The average molecular weight is 595 g/mol. The van der Waals surface area contributed by atoms with Crippen molar-refractivity contribution in [3.63, 3.8) is 0 Å². The predicted molar refractivity (Wildman–Crippen MR) is 152 cm³/mol. The summed E-state index contributed by atoms with van der Waals surface area (Å²) >= 11 is 12.4. The minimum absolute atomic E-state index is 0.0302. The van der Waals surface area contributed by atoms with E-state index in [9.17, 15) is 22.4 Å². The zero-order valence-electron chi connectivity index (χ0n) is 21.8. The van der Waals surface area contributed by atoms with Gasteiger partial charge in [0.1, 0.15) is 18.4 Å². The number of nitrogens with one attached hydrogen (secondary N) is 1. The van der Waals surface area contributed by atoms with Crippen LogP contribution in [0.5, 0.6) is 0 Å². The Morgan fingerprint density at radius 3 is 2.18 bits per heavy atom. The summed E-state index contributed by atoms with van der Waals surface area (Å²) in [6.07, 6.45) is 0. The van der Waals surface area contributed by atoms with E-state index in [0.29, 0.717) is 17.1 Å². The highest BCUT2D eigenvalue weighted by atomic mass is 35.5.